The van der Waals surface area contributed by atoms with Gasteiger partial charge in [-0.15, -0.1) is 0 Å². The van der Waals surface area contributed by atoms with Crippen molar-refractivity contribution in [2.75, 3.05) is 10.5 Å². The van der Waals surface area contributed by atoms with Crippen molar-refractivity contribution in [2.45, 2.75) is 45.6 Å². The predicted octanol–water partition coefficient (Wildman–Crippen LogP) is 1.56. The molecule has 0 saturated heterocycles. The topological polar surface area (TPSA) is 105 Å². The zero-order valence-electron chi connectivity index (χ0n) is 13.1. The second-order valence-corrected chi connectivity index (χ2v) is 7.83. The average molecular weight is 342 g/mol. The number of nitrogens with zero attached hydrogens (tertiary/aromatic N) is 1. The monoisotopic (exact) mass is 342 g/mol. The van der Waals surface area contributed by atoms with E-state index in [0.29, 0.717) is 5.69 Å². The lowest BCUT2D eigenvalue weighted by molar-refractivity contribution is -0.137. The first kappa shape index (κ1) is 17.5. The minimum Gasteiger partial charge on any atom is -0.480 e. The van der Waals surface area contributed by atoms with Crippen LogP contribution < -0.4 is 10.3 Å². The molecular formula is C15H22N2O5S. The number of aromatic nitrogens is 1. The van der Waals surface area contributed by atoms with Gasteiger partial charge in [0.2, 0.25) is 10.0 Å². The maximum atomic E-state index is 12.3. The van der Waals surface area contributed by atoms with Crippen LogP contribution in [0.2, 0.25) is 0 Å². The van der Waals surface area contributed by atoms with E-state index >= 15 is 0 Å². The van der Waals surface area contributed by atoms with Crippen molar-refractivity contribution in [3.05, 3.63) is 28.2 Å². The summed E-state index contributed by atoms with van der Waals surface area (Å²) in [7, 11) is -3.63. The zero-order chi connectivity index (χ0) is 17.0. The first-order valence-electron chi connectivity index (χ1n) is 7.71. The summed E-state index contributed by atoms with van der Waals surface area (Å²) in [5, 5.41) is 8.86. The Morgan fingerprint density at radius 1 is 1.30 bits per heavy atom. The van der Waals surface area contributed by atoms with E-state index in [1.165, 1.54) is 12.1 Å². The van der Waals surface area contributed by atoms with Gasteiger partial charge < -0.3 is 5.11 Å². The van der Waals surface area contributed by atoms with E-state index in [0.717, 1.165) is 36.7 Å². The average Bonchev–Trinajstić information content (AvgIpc) is 2.47. The van der Waals surface area contributed by atoms with E-state index in [9.17, 15) is 18.0 Å². The summed E-state index contributed by atoms with van der Waals surface area (Å²) >= 11 is 0. The summed E-state index contributed by atoms with van der Waals surface area (Å²) in [6.07, 6.45) is 4.99. The summed E-state index contributed by atoms with van der Waals surface area (Å²) < 4.78 is 27.9. The molecule has 23 heavy (non-hydrogen) atoms. The molecule has 0 bridgehead atoms. The molecule has 2 rings (SSSR count). The lowest BCUT2D eigenvalue weighted by Crippen LogP contribution is -2.31. The molecule has 128 valence electrons. The smallest absolute Gasteiger partial charge is 0.323 e. The van der Waals surface area contributed by atoms with Gasteiger partial charge in [0.05, 0.1) is 5.75 Å². The largest absolute Gasteiger partial charge is 0.480 e. The van der Waals surface area contributed by atoms with Crippen LogP contribution >= 0.6 is 0 Å². The van der Waals surface area contributed by atoms with Gasteiger partial charge in [-0.05, 0) is 37.8 Å². The van der Waals surface area contributed by atoms with Crippen LogP contribution in [-0.4, -0.2) is 29.8 Å². The van der Waals surface area contributed by atoms with Gasteiger partial charge in [-0.25, -0.2) is 8.42 Å². The molecule has 1 aliphatic rings. The Labute approximate surface area is 135 Å². The number of hydrogen-bond acceptors (Lipinski definition) is 4. The van der Waals surface area contributed by atoms with Crippen LogP contribution in [-0.2, 0) is 21.4 Å². The van der Waals surface area contributed by atoms with Crippen LogP contribution in [0.4, 0.5) is 5.69 Å². The van der Waals surface area contributed by atoms with Crippen LogP contribution in [0.5, 0.6) is 0 Å². The molecule has 0 amide bonds. The quantitative estimate of drug-likeness (QED) is 0.816. The Kier molecular flexibility index (Phi) is 5.46. The maximum absolute atomic E-state index is 12.3. The van der Waals surface area contributed by atoms with Crippen molar-refractivity contribution in [3.8, 4) is 0 Å². The Morgan fingerprint density at radius 3 is 2.57 bits per heavy atom. The summed E-state index contributed by atoms with van der Waals surface area (Å²) in [5.74, 6) is -1.04. The van der Waals surface area contributed by atoms with Crippen LogP contribution in [0.15, 0.2) is 16.9 Å². The number of carboxylic acid groups (broad SMARTS) is 1. The standard InChI is InChI=1S/C15H22N2O5S/c1-11-7-8-13(15(20)17(11)9-14(18)19)16-23(21,22)10-12-5-3-2-4-6-12/h7-8,12,16H,2-6,9-10H2,1H3,(H,18,19). The van der Waals surface area contributed by atoms with Gasteiger partial charge in [-0.1, -0.05) is 19.3 Å². The Bertz CT molecular complexity index is 733. The molecule has 0 radical (unpaired) electrons. The molecule has 0 aromatic carbocycles. The Balaban J connectivity index is 2.18. The molecule has 1 aromatic heterocycles. The van der Waals surface area contributed by atoms with Crippen LogP contribution in [0.25, 0.3) is 0 Å². The lowest BCUT2D eigenvalue weighted by atomic mass is 9.91. The third-order valence-electron chi connectivity index (χ3n) is 4.13. The minimum absolute atomic E-state index is 0.000747. The van der Waals surface area contributed by atoms with Crippen LogP contribution in [0.3, 0.4) is 0 Å². The number of aryl methyl sites for hydroxylation is 1. The highest BCUT2D eigenvalue weighted by Gasteiger charge is 2.22. The Morgan fingerprint density at radius 2 is 1.96 bits per heavy atom. The number of hydrogen-bond donors (Lipinski definition) is 2. The van der Waals surface area contributed by atoms with E-state index in [4.69, 9.17) is 5.11 Å². The van der Waals surface area contributed by atoms with Gasteiger partial charge in [0.15, 0.2) is 0 Å². The molecule has 1 saturated carbocycles. The number of carboxylic acids is 1. The van der Waals surface area contributed by atoms with Crippen molar-refractivity contribution < 1.29 is 18.3 Å². The Hall–Kier alpha value is -1.83. The number of aliphatic carboxylic acids is 1. The SMILES string of the molecule is Cc1ccc(NS(=O)(=O)CC2CCCCC2)c(=O)n1CC(=O)O. The van der Waals surface area contributed by atoms with Crippen molar-refractivity contribution in [1.82, 2.24) is 4.57 Å². The predicted molar refractivity (Wildman–Crippen MR) is 87.1 cm³/mol. The van der Waals surface area contributed by atoms with E-state index < -0.39 is 28.1 Å². The highest BCUT2D eigenvalue weighted by Crippen LogP contribution is 2.25. The van der Waals surface area contributed by atoms with E-state index in [-0.39, 0.29) is 17.4 Å². The molecular weight excluding hydrogens is 320 g/mol. The molecule has 0 spiro atoms. The fourth-order valence-corrected chi connectivity index (χ4v) is 4.48. The van der Waals surface area contributed by atoms with Gasteiger partial charge in [0.1, 0.15) is 12.2 Å². The third kappa shape index (κ3) is 4.82. The highest BCUT2D eigenvalue weighted by atomic mass is 32.2. The summed E-state index contributed by atoms with van der Waals surface area (Å²) in [6.45, 7) is 1.10. The van der Waals surface area contributed by atoms with Gasteiger partial charge in [0.25, 0.3) is 5.56 Å². The maximum Gasteiger partial charge on any atom is 0.323 e. The minimum atomic E-state index is -3.63. The molecule has 7 nitrogen and oxygen atoms in total. The molecule has 1 fully saturated rings. The number of anilines is 1. The molecule has 0 unspecified atom stereocenters. The third-order valence-corrected chi connectivity index (χ3v) is 5.57. The summed E-state index contributed by atoms with van der Waals surface area (Å²) in [5.41, 5.74) is -0.278. The highest BCUT2D eigenvalue weighted by molar-refractivity contribution is 7.92. The second kappa shape index (κ2) is 7.16. The molecule has 1 aromatic rings. The molecule has 0 aliphatic heterocycles. The number of nitrogens with one attached hydrogen (secondary N) is 1. The fourth-order valence-electron chi connectivity index (χ4n) is 2.95. The number of rotatable bonds is 6. The van der Waals surface area contributed by atoms with Crippen molar-refractivity contribution in [1.29, 1.82) is 0 Å². The number of sulfonamides is 1. The van der Waals surface area contributed by atoms with Gasteiger partial charge in [-0.3, -0.25) is 18.9 Å². The van der Waals surface area contributed by atoms with Crippen LogP contribution in [0, 0.1) is 12.8 Å². The zero-order valence-corrected chi connectivity index (χ0v) is 13.9. The first-order chi connectivity index (χ1) is 10.8. The second-order valence-electron chi connectivity index (χ2n) is 6.06. The summed E-state index contributed by atoms with van der Waals surface area (Å²) in [6, 6.07) is 2.91. The van der Waals surface area contributed by atoms with E-state index in [1.807, 2.05) is 0 Å². The first-order valence-corrected chi connectivity index (χ1v) is 9.36. The van der Waals surface area contributed by atoms with Crippen molar-refractivity contribution in [2.24, 2.45) is 5.92 Å². The van der Waals surface area contributed by atoms with Gasteiger partial charge >= 0.3 is 5.97 Å². The molecule has 1 heterocycles. The normalized spacial score (nSPS) is 16.2. The number of carbonyl (C=O) groups is 1. The molecule has 8 heteroatoms. The van der Waals surface area contributed by atoms with Gasteiger partial charge in [-0.2, -0.15) is 0 Å². The van der Waals surface area contributed by atoms with Gasteiger partial charge in [0, 0.05) is 5.69 Å². The summed E-state index contributed by atoms with van der Waals surface area (Å²) in [4.78, 5) is 23.1. The lowest BCUT2D eigenvalue weighted by Gasteiger charge is -2.21. The number of pyridine rings is 1. The molecule has 2 N–H and O–H groups in total. The van der Waals surface area contributed by atoms with Crippen LogP contribution in [0.1, 0.15) is 37.8 Å². The fraction of sp³-hybridized carbons (Fsp3) is 0.600. The molecule has 0 atom stereocenters. The van der Waals surface area contributed by atoms with Crippen molar-refractivity contribution >= 4 is 21.7 Å². The molecule has 1 aliphatic carbocycles. The van der Waals surface area contributed by atoms with E-state index in [2.05, 4.69) is 4.72 Å². The van der Waals surface area contributed by atoms with Crippen molar-refractivity contribution in [3.63, 3.8) is 0 Å². The van der Waals surface area contributed by atoms with E-state index in [1.54, 1.807) is 6.92 Å².